The van der Waals surface area contributed by atoms with Crippen LogP contribution >= 0.6 is 0 Å². The molecule has 178 valence electrons. The Morgan fingerprint density at radius 2 is 2.11 bits per heavy atom. The predicted octanol–water partition coefficient (Wildman–Crippen LogP) is 4.79. The van der Waals surface area contributed by atoms with E-state index in [2.05, 4.69) is 37.2 Å². The van der Waals surface area contributed by atoms with Gasteiger partial charge in [-0.2, -0.15) is 5.10 Å². The fourth-order valence-corrected chi connectivity index (χ4v) is 4.73. The number of aromatic nitrogens is 3. The fourth-order valence-electron chi connectivity index (χ4n) is 4.73. The second-order valence-corrected chi connectivity index (χ2v) is 9.03. The number of H-pyrrole nitrogens is 1. The van der Waals surface area contributed by atoms with Crippen LogP contribution in [0.15, 0.2) is 66.3 Å². The third-order valence-corrected chi connectivity index (χ3v) is 6.63. The maximum absolute atomic E-state index is 14.2. The molecule has 3 heterocycles. The normalized spacial score (nSPS) is 18.6. The number of hydrogen-bond acceptors (Lipinski definition) is 4. The minimum atomic E-state index is -0.226. The fraction of sp³-hybridized carbons (Fsp3) is 0.321. The van der Waals surface area contributed by atoms with Gasteiger partial charge in [0.1, 0.15) is 11.5 Å². The molecule has 2 aromatic heterocycles. The number of halogens is 1. The average molecular weight is 470 g/mol. The summed E-state index contributed by atoms with van der Waals surface area (Å²) in [5, 5.41) is 11.6. The Hall–Kier alpha value is -3.76. The van der Waals surface area contributed by atoms with Crippen LogP contribution < -0.4 is 5.32 Å². The standard InChI is InChI=1S/C28H28FN5O/c29-25-8-3-1-2-6-20(25)13-17-34-16-5-4-7-23(19-34)31-28(35)22-9-10-26-24(18-22)27(33-32-26)21-11-14-30-15-12-21/h6,8-12,14-15,18,23H,2,4-5,7,13,16-17,19H2,(H,31,35)(H,32,33). The lowest BCUT2D eigenvalue weighted by Crippen LogP contribution is -2.43. The molecule has 0 radical (unpaired) electrons. The maximum atomic E-state index is 14.2. The lowest BCUT2D eigenvalue weighted by molar-refractivity contribution is 0.0926. The summed E-state index contributed by atoms with van der Waals surface area (Å²) in [7, 11) is 0. The summed E-state index contributed by atoms with van der Waals surface area (Å²) in [5.41, 5.74) is 3.96. The van der Waals surface area contributed by atoms with E-state index in [4.69, 9.17) is 0 Å². The van der Waals surface area contributed by atoms with E-state index in [0.717, 1.165) is 61.1 Å². The van der Waals surface area contributed by atoms with Gasteiger partial charge in [0.25, 0.3) is 5.91 Å². The van der Waals surface area contributed by atoms with E-state index in [9.17, 15) is 9.18 Å². The smallest absolute Gasteiger partial charge is 0.251 e. The molecule has 1 aromatic carbocycles. The van der Waals surface area contributed by atoms with E-state index in [1.807, 2.05) is 36.4 Å². The SMILES string of the molecule is O=C(NC1CCCCN(CCC2=CCC#CC=C2F)C1)c1ccc2[nH]nc(-c3ccncc3)c2c1. The first-order valence-electron chi connectivity index (χ1n) is 12.1. The van der Waals surface area contributed by atoms with E-state index >= 15 is 0 Å². The van der Waals surface area contributed by atoms with Crippen LogP contribution in [0.2, 0.25) is 0 Å². The molecule has 2 N–H and O–H groups in total. The summed E-state index contributed by atoms with van der Waals surface area (Å²) in [4.78, 5) is 19.6. The Bertz CT molecular complexity index is 1330. The van der Waals surface area contributed by atoms with E-state index in [1.165, 1.54) is 6.08 Å². The zero-order valence-electron chi connectivity index (χ0n) is 19.6. The molecule has 1 fully saturated rings. The Kier molecular flexibility index (Phi) is 7.01. The highest BCUT2D eigenvalue weighted by Gasteiger charge is 2.21. The summed E-state index contributed by atoms with van der Waals surface area (Å²) in [6.07, 6.45) is 11.0. The summed E-state index contributed by atoms with van der Waals surface area (Å²) in [5.74, 6) is 5.33. The van der Waals surface area contributed by atoms with Crippen LogP contribution in [-0.2, 0) is 0 Å². The number of nitrogens with zero attached hydrogens (tertiary/aromatic N) is 3. The van der Waals surface area contributed by atoms with Crippen molar-refractivity contribution in [3.8, 4) is 23.1 Å². The molecular weight excluding hydrogens is 441 g/mol. The van der Waals surface area contributed by atoms with Gasteiger partial charge in [0.2, 0.25) is 0 Å². The van der Waals surface area contributed by atoms with Crippen molar-refractivity contribution in [3.05, 3.63) is 71.8 Å². The first-order chi connectivity index (χ1) is 17.2. The van der Waals surface area contributed by atoms with Crippen molar-refractivity contribution in [1.29, 1.82) is 0 Å². The Morgan fingerprint density at radius 1 is 1.23 bits per heavy atom. The van der Waals surface area contributed by atoms with E-state index in [-0.39, 0.29) is 17.8 Å². The molecule has 2 aliphatic rings. The topological polar surface area (TPSA) is 73.9 Å². The van der Waals surface area contributed by atoms with Gasteiger partial charge < -0.3 is 10.2 Å². The number of amides is 1. The van der Waals surface area contributed by atoms with Crippen LogP contribution in [-0.4, -0.2) is 51.7 Å². The van der Waals surface area contributed by atoms with Crippen LogP contribution in [0, 0.1) is 11.8 Å². The molecular formula is C28H28FN5O. The number of rotatable bonds is 6. The minimum Gasteiger partial charge on any atom is -0.348 e. The zero-order valence-corrected chi connectivity index (χ0v) is 19.6. The van der Waals surface area contributed by atoms with Gasteiger partial charge in [-0.1, -0.05) is 24.3 Å². The summed E-state index contributed by atoms with van der Waals surface area (Å²) in [6.45, 7) is 2.48. The van der Waals surface area contributed by atoms with Crippen molar-refractivity contribution in [1.82, 2.24) is 25.4 Å². The number of allylic oxidation sites excluding steroid dienone is 3. The Balaban J connectivity index is 1.25. The molecule has 0 spiro atoms. The highest BCUT2D eigenvalue weighted by atomic mass is 19.1. The number of nitrogens with one attached hydrogen (secondary N) is 2. The molecule has 0 saturated carbocycles. The number of carbonyl (C=O) groups is 1. The lowest BCUT2D eigenvalue weighted by atomic mass is 10.1. The zero-order chi connectivity index (χ0) is 24.0. The Labute approximate surface area is 204 Å². The van der Waals surface area contributed by atoms with Gasteiger partial charge >= 0.3 is 0 Å². The second kappa shape index (κ2) is 10.7. The highest BCUT2D eigenvalue weighted by molar-refractivity contribution is 6.01. The van der Waals surface area contributed by atoms with Crippen LogP contribution in [0.5, 0.6) is 0 Å². The monoisotopic (exact) mass is 469 g/mol. The number of fused-ring (bicyclic) bond motifs is 1. The summed E-state index contributed by atoms with van der Waals surface area (Å²) >= 11 is 0. The number of pyridine rings is 1. The first-order valence-corrected chi connectivity index (χ1v) is 12.1. The Morgan fingerprint density at radius 3 is 3.00 bits per heavy atom. The second-order valence-electron chi connectivity index (χ2n) is 9.03. The van der Waals surface area contributed by atoms with Crippen LogP contribution in [0.1, 0.15) is 42.5 Å². The van der Waals surface area contributed by atoms with Gasteiger partial charge in [0.15, 0.2) is 0 Å². The third kappa shape index (κ3) is 5.50. The molecule has 1 aliphatic carbocycles. The van der Waals surface area contributed by atoms with Crippen molar-refractivity contribution in [2.75, 3.05) is 19.6 Å². The quantitative estimate of drug-likeness (QED) is 0.510. The molecule has 0 bridgehead atoms. The number of benzene rings is 1. The molecule has 35 heavy (non-hydrogen) atoms. The van der Waals surface area contributed by atoms with Crippen LogP contribution in [0.3, 0.4) is 0 Å². The van der Waals surface area contributed by atoms with Gasteiger partial charge in [-0.15, -0.1) is 0 Å². The van der Waals surface area contributed by atoms with E-state index < -0.39 is 0 Å². The maximum Gasteiger partial charge on any atom is 0.251 e. The van der Waals surface area contributed by atoms with Crippen molar-refractivity contribution in [2.45, 2.75) is 38.1 Å². The lowest BCUT2D eigenvalue weighted by Gasteiger charge is -2.25. The molecule has 6 nitrogen and oxygen atoms in total. The van der Waals surface area contributed by atoms with Crippen LogP contribution in [0.4, 0.5) is 4.39 Å². The van der Waals surface area contributed by atoms with Crippen molar-refractivity contribution in [3.63, 3.8) is 0 Å². The van der Waals surface area contributed by atoms with Crippen molar-refractivity contribution in [2.24, 2.45) is 0 Å². The van der Waals surface area contributed by atoms with Crippen molar-refractivity contribution < 1.29 is 9.18 Å². The van der Waals surface area contributed by atoms with Gasteiger partial charge in [0, 0.05) is 60.5 Å². The largest absolute Gasteiger partial charge is 0.348 e. The molecule has 3 aromatic rings. The molecule has 1 saturated heterocycles. The third-order valence-electron chi connectivity index (χ3n) is 6.63. The number of carbonyl (C=O) groups excluding carboxylic acids is 1. The van der Waals surface area contributed by atoms with Crippen molar-refractivity contribution >= 4 is 16.8 Å². The number of hydrogen-bond donors (Lipinski definition) is 2. The van der Waals surface area contributed by atoms with Gasteiger partial charge in [-0.25, -0.2) is 4.39 Å². The highest BCUT2D eigenvalue weighted by Crippen LogP contribution is 2.27. The molecule has 1 atom stereocenters. The van der Waals surface area contributed by atoms with E-state index in [0.29, 0.717) is 24.0 Å². The number of likely N-dealkylation sites (tertiary alicyclic amines) is 1. The van der Waals surface area contributed by atoms with Gasteiger partial charge in [-0.05, 0) is 61.7 Å². The van der Waals surface area contributed by atoms with Gasteiger partial charge in [0.05, 0.1) is 5.52 Å². The van der Waals surface area contributed by atoms with Crippen LogP contribution in [0.25, 0.3) is 22.2 Å². The molecule has 1 amide bonds. The number of aromatic amines is 1. The summed E-state index contributed by atoms with van der Waals surface area (Å²) < 4.78 is 14.2. The molecule has 7 heteroatoms. The molecule has 1 unspecified atom stereocenters. The first kappa shape index (κ1) is 23.0. The average Bonchev–Trinajstić information content (AvgIpc) is 3.01. The van der Waals surface area contributed by atoms with E-state index in [1.54, 1.807) is 12.4 Å². The van der Waals surface area contributed by atoms with Gasteiger partial charge in [-0.3, -0.25) is 14.9 Å². The molecule has 5 rings (SSSR count). The molecule has 1 aliphatic heterocycles. The minimum absolute atomic E-state index is 0.0524. The predicted molar refractivity (Wildman–Crippen MR) is 135 cm³/mol. The summed E-state index contributed by atoms with van der Waals surface area (Å²) in [6, 6.07) is 9.49.